The van der Waals surface area contributed by atoms with Crippen molar-refractivity contribution in [1.29, 1.82) is 0 Å². The quantitative estimate of drug-likeness (QED) is 0.0500. The van der Waals surface area contributed by atoms with E-state index in [1.807, 2.05) is 69.2 Å². The molecular weight excluding hydrogens is 733 g/mol. The second kappa shape index (κ2) is 19.5. The van der Waals surface area contributed by atoms with Gasteiger partial charge in [0.15, 0.2) is 0 Å². The molecule has 3 aromatic heterocycles. The molecule has 7 aromatic rings. The third-order valence-corrected chi connectivity index (χ3v) is 9.96. The Morgan fingerprint density at radius 2 is 0.638 bits per heavy atom. The second-order valence-electron chi connectivity index (χ2n) is 14.2. The molecule has 3 unspecified atom stereocenters. The fourth-order valence-corrected chi connectivity index (χ4v) is 5.79. The van der Waals surface area contributed by atoms with Crippen molar-refractivity contribution in [3.63, 3.8) is 0 Å². The second-order valence-corrected chi connectivity index (χ2v) is 14.2. The first-order chi connectivity index (χ1) is 28.1. The van der Waals surface area contributed by atoms with Crippen molar-refractivity contribution in [2.75, 3.05) is 19.8 Å². The maximum absolute atomic E-state index is 13.0. The maximum Gasteiger partial charge on any atom is 0.338 e. The molecule has 0 saturated carbocycles. The van der Waals surface area contributed by atoms with Crippen LogP contribution in [0.4, 0.5) is 0 Å². The number of fused-ring (bicyclic) bond motifs is 9. The molecule has 0 bridgehead atoms. The fourth-order valence-electron chi connectivity index (χ4n) is 5.79. The van der Waals surface area contributed by atoms with E-state index in [0.29, 0.717) is 103 Å². The minimum Gasteiger partial charge on any atom is -0.462 e. The zero-order valence-electron chi connectivity index (χ0n) is 35.3. The van der Waals surface area contributed by atoms with Crippen LogP contribution in [0.2, 0.25) is 0 Å². The van der Waals surface area contributed by atoms with E-state index in [4.69, 9.17) is 44.1 Å². The summed E-state index contributed by atoms with van der Waals surface area (Å²) >= 11 is 0. The van der Waals surface area contributed by atoms with Gasteiger partial charge >= 0.3 is 17.9 Å². The van der Waals surface area contributed by atoms with Gasteiger partial charge in [-0.2, -0.15) is 0 Å². The Labute approximate surface area is 339 Å². The Bertz CT molecular complexity index is 2610. The van der Waals surface area contributed by atoms with E-state index in [0.717, 1.165) is 19.3 Å². The molecule has 0 fully saturated rings. The lowest BCUT2D eigenvalue weighted by Crippen LogP contribution is -2.12. The molecule has 3 atom stereocenters. The first-order valence-corrected chi connectivity index (χ1v) is 20.5. The van der Waals surface area contributed by atoms with E-state index in [2.05, 4.69) is 0 Å². The van der Waals surface area contributed by atoms with E-state index in [9.17, 15) is 14.4 Å². The summed E-state index contributed by atoms with van der Waals surface area (Å²) in [5, 5.41) is 0. The Kier molecular flexibility index (Phi) is 14.5. The van der Waals surface area contributed by atoms with Crippen LogP contribution in [0.25, 0.3) is 66.2 Å². The molecule has 0 aliphatic heterocycles. The van der Waals surface area contributed by atoms with Gasteiger partial charge in [0.1, 0.15) is 33.1 Å². The molecule has 3 heterocycles. The highest BCUT2D eigenvalue weighted by molar-refractivity contribution is 6.21. The highest BCUT2D eigenvalue weighted by Gasteiger charge is 2.21. The van der Waals surface area contributed by atoms with Gasteiger partial charge in [-0.15, -0.1) is 0 Å². The first kappa shape index (κ1) is 43.2. The van der Waals surface area contributed by atoms with Gasteiger partial charge in [-0.3, -0.25) is 0 Å². The Morgan fingerprint density at radius 1 is 0.414 bits per heavy atom. The zero-order chi connectivity index (χ0) is 42.1. The molecule has 304 valence electrons. The van der Waals surface area contributed by atoms with Gasteiger partial charge < -0.3 is 14.2 Å². The molecule has 0 saturated heterocycles. The lowest BCUT2D eigenvalue weighted by atomic mass is 10.1. The molecule has 0 radical (unpaired) electrons. The zero-order valence-corrected chi connectivity index (χ0v) is 35.3. The van der Waals surface area contributed by atoms with E-state index in [1.165, 1.54) is 0 Å². The van der Waals surface area contributed by atoms with Crippen LogP contribution in [0.3, 0.4) is 0 Å². The SMILES string of the molecule is CC.CC.CCC(C)COC(=O)c1ccc2nc3c4nc5ccc(C(=O)OCC(C)CC)cc5nc4c4nc5cc(C(=O)OCC(C)CC)ccc5nc4c3nc2c1. The van der Waals surface area contributed by atoms with Gasteiger partial charge in [0, 0.05) is 0 Å². The number of hydrogen-bond acceptors (Lipinski definition) is 12. The van der Waals surface area contributed by atoms with Crippen LogP contribution in [0, 0.1) is 17.8 Å². The summed E-state index contributed by atoms with van der Waals surface area (Å²) in [5.74, 6) is -0.617. The summed E-state index contributed by atoms with van der Waals surface area (Å²) in [6.07, 6.45) is 2.68. The normalized spacial score (nSPS) is 12.7. The number of carbonyl (C=O) groups excluding carboxylic acids is 3. The summed E-state index contributed by atoms with van der Waals surface area (Å²) in [6, 6.07) is 15.2. The van der Waals surface area contributed by atoms with Crippen molar-refractivity contribution in [3.05, 3.63) is 71.3 Å². The van der Waals surface area contributed by atoms with Crippen LogP contribution < -0.4 is 0 Å². The highest BCUT2D eigenvalue weighted by Crippen LogP contribution is 2.33. The monoisotopic (exact) mass is 786 g/mol. The van der Waals surface area contributed by atoms with Crippen molar-refractivity contribution in [2.24, 2.45) is 17.8 Å². The lowest BCUT2D eigenvalue weighted by Gasteiger charge is -2.12. The van der Waals surface area contributed by atoms with Crippen LogP contribution in [-0.4, -0.2) is 67.6 Å². The summed E-state index contributed by atoms with van der Waals surface area (Å²) in [4.78, 5) is 68.9. The number of ether oxygens (including phenoxy) is 3. The van der Waals surface area contributed by atoms with Gasteiger partial charge in [0.25, 0.3) is 0 Å². The van der Waals surface area contributed by atoms with Crippen molar-refractivity contribution in [2.45, 2.75) is 88.5 Å². The van der Waals surface area contributed by atoms with Gasteiger partial charge in [0.05, 0.1) is 69.6 Å². The van der Waals surface area contributed by atoms with Crippen molar-refractivity contribution in [3.8, 4) is 0 Å². The molecule has 12 nitrogen and oxygen atoms in total. The molecular formula is C46H54N6O6. The minimum absolute atomic E-state index is 0.233. The van der Waals surface area contributed by atoms with E-state index in [-0.39, 0.29) is 17.8 Å². The van der Waals surface area contributed by atoms with Gasteiger partial charge in [-0.05, 0) is 72.4 Å². The van der Waals surface area contributed by atoms with Crippen LogP contribution >= 0.6 is 0 Å². The minimum atomic E-state index is -0.447. The average molecular weight is 787 g/mol. The fraction of sp³-hybridized carbons (Fsp3) is 0.413. The third kappa shape index (κ3) is 9.27. The van der Waals surface area contributed by atoms with Gasteiger partial charge in [-0.1, -0.05) is 88.5 Å². The van der Waals surface area contributed by atoms with Crippen molar-refractivity contribution >= 4 is 84.1 Å². The summed E-state index contributed by atoms with van der Waals surface area (Å²) < 4.78 is 16.7. The largest absolute Gasteiger partial charge is 0.462 e. The molecule has 0 aliphatic rings. The van der Waals surface area contributed by atoms with Crippen LogP contribution in [0.5, 0.6) is 0 Å². The molecule has 12 heteroatoms. The van der Waals surface area contributed by atoms with E-state index in [1.54, 1.807) is 54.6 Å². The van der Waals surface area contributed by atoms with Crippen molar-refractivity contribution < 1.29 is 28.6 Å². The number of esters is 3. The number of hydrogen-bond donors (Lipinski definition) is 0. The molecule has 0 N–H and O–H groups in total. The number of rotatable bonds is 12. The average Bonchev–Trinajstić information content (AvgIpc) is 3.27. The predicted molar refractivity (Wildman–Crippen MR) is 230 cm³/mol. The first-order valence-electron chi connectivity index (χ1n) is 20.5. The van der Waals surface area contributed by atoms with Crippen LogP contribution in [0.15, 0.2) is 54.6 Å². The van der Waals surface area contributed by atoms with Crippen LogP contribution in [0.1, 0.15) is 120 Å². The van der Waals surface area contributed by atoms with Gasteiger partial charge in [-0.25, -0.2) is 44.3 Å². The number of nitrogens with zero attached hydrogens (tertiary/aromatic N) is 6. The maximum atomic E-state index is 13.0. The Balaban J connectivity index is 0.00000155. The molecule has 0 amide bonds. The smallest absolute Gasteiger partial charge is 0.338 e. The molecule has 58 heavy (non-hydrogen) atoms. The third-order valence-electron chi connectivity index (χ3n) is 9.96. The Morgan fingerprint density at radius 3 is 0.862 bits per heavy atom. The van der Waals surface area contributed by atoms with Crippen molar-refractivity contribution in [1.82, 2.24) is 29.9 Å². The lowest BCUT2D eigenvalue weighted by molar-refractivity contribution is 0.0439. The molecule has 7 rings (SSSR count). The van der Waals surface area contributed by atoms with E-state index < -0.39 is 17.9 Å². The molecule has 0 aliphatic carbocycles. The summed E-state index contributed by atoms with van der Waals surface area (Å²) in [7, 11) is 0. The van der Waals surface area contributed by atoms with Gasteiger partial charge in [0.2, 0.25) is 0 Å². The Hall–Kier alpha value is -5.91. The topological polar surface area (TPSA) is 156 Å². The molecule has 0 spiro atoms. The van der Waals surface area contributed by atoms with E-state index >= 15 is 0 Å². The summed E-state index contributed by atoms with van der Waals surface area (Å²) in [5.41, 5.74) is 6.51. The number of benzene rings is 4. The predicted octanol–water partition coefficient (Wildman–Crippen LogP) is 10.6. The van der Waals surface area contributed by atoms with Crippen LogP contribution in [-0.2, 0) is 14.2 Å². The standard InChI is InChI=1S/C42H42N6O6.2C2H6/c1-7-22(4)19-52-40(49)25-10-13-28-31(16-25)46-37-34(43-28)35-38(47-32-17-26(11-14-29(32)44-35)41(50)53-20-23(5)8-2)39-36(37)45-30-15-12-27(18-33(30)48-39)42(51)54-21-24(6)9-3;2*1-2/h10-18,22-24H,7-9,19-21H2,1-6H3;2*1-2H3. The number of carbonyl (C=O) groups is 3. The number of aromatic nitrogens is 6. The molecule has 4 aromatic carbocycles. The summed E-state index contributed by atoms with van der Waals surface area (Å²) in [6.45, 7) is 21.2. The highest BCUT2D eigenvalue weighted by atomic mass is 16.5.